The van der Waals surface area contributed by atoms with Crippen LogP contribution < -0.4 is 9.80 Å². The van der Waals surface area contributed by atoms with Crippen molar-refractivity contribution < 1.29 is 19.1 Å². The summed E-state index contributed by atoms with van der Waals surface area (Å²) in [5.41, 5.74) is 0.856. The van der Waals surface area contributed by atoms with Crippen molar-refractivity contribution >= 4 is 5.69 Å². The largest absolute Gasteiger partial charge is 0.385 e. The number of nitrogens with zero attached hydrogens (tertiary/aromatic N) is 1. The first-order valence-corrected chi connectivity index (χ1v) is 7.99. The van der Waals surface area contributed by atoms with E-state index in [4.69, 9.17) is 4.74 Å². The van der Waals surface area contributed by atoms with Gasteiger partial charge in [0, 0.05) is 5.69 Å². The maximum absolute atomic E-state index is 13.0. The van der Waals surface area contributed by atoms with Gasteiger partial charge < -0.3 is 19.6 Å². The molecule has 0 aromatic heterocycles. The molecule has 0 spiro atoms. The topological polar surface area (TPSA) is 37.1 Å². The summed E-state index contributed by atoms with van der Waals surface area (Å²) in [7, 11) is 0. The van der Waals surface area contributed by atoms with Gasteiger partial charge >= 0.3 is 0 Å². The fourth-order valence-electron chi connectivity index (χ4n) is 2.68. The fourth-order valence-corrected chi connectivity index (χ4v) is 2.68. The lowest BCUT2D eigenvalue weighted by Crippen LogP contribution is -3.16. The van der Waals surface area contributed by atoms with Crippen LogP contribution in [0, 0.1) is 5.82 Å². The van der Waals surface area contributed by atoms with Crippen molar-refractivity contribution in [1.82, 2.24) is 0 Å². The second kappa shape index (κ2) is 7.40. The molecule has 2 rings (SSSR count). The molecule has 0 radical (unpaired) electrons. The molecule has 1 atom stereocenters. The third kappa shape index (κ3) is 5.55. The molecule has 0 saturated carbocycles. The number of halogens is 1. The number of aliphatic hydroxyl groups is 1. The third-order valence-corrected chi connectivity index (χ3v) is 3.90. The fraction of sp³-hybridized carbons (Fsp3) is 0.647. The van der Waals surface area contributed by atoms with Gasteiger partial charge in [-0.15, -0.1) is 0 Å². The van der Waals surface area contributed by atoms with Crippen LogP contribution in [-0.4, -0.2) is 56.1 Å². The van der Waals surface area contributed by atoms with Crippen molar-refractivity contribution in [3.05, 3.63) is 30.1 Å². The molecule has 0 aliphatic carbocycles. The van der Waals surface area contributed by atoms with Crippen LogP contribution in [0.25, 0.3) is 0 Å². The van der Waals surface area contributed by atoms with Crippen LogP contribution in [0.3, 0.4) is 0 Å². The van der Waals surface area contributed by atoms with Gasteiger partial charge in [0.05, 0.1) is 38.4 Å². The normalized spacial score (nSPS) is 18.5. The van der Waals surface area contributed by atoms with Gasteiger partial charge in [0.2, 0.25) is 0 Å². The van der Waals surface area contributed by atoms with Gasteiger partial charge in [-0.1, -0.05) is 0 Å². The lowest BCUT2D eigenvalue weighted by molar-refractivity contribution is -0.903. The summed E-state index contributed by atoms with van der Waals surface area (Å²) in [6, 6.07) is 6.66. The van der Waals surface area contributed by atoms with Gasteiger partial charge in [0.25, 0.3) is 0 Å². The number of aliphatic hydroxyl groups excluding tert-OH is 1. The van der Waals surface area contributed by atoms with Crippen LogP contribution in [0.4, 0.5) is 10.1 Å². The molecule has 1 saturated heterocycles. The Morgan fingerprint density at radius 2 is 1.82 bits per heavy atom. The standard InChI is InChI=1S/C17H27FN2O2/c1-17(2,3)22-13-16(21)12-19-8-10-20(11-9-19)15-6-4-14(18)5-7-15/h4-7,16,21H,8-13H2,1-3H3/p+1/t16-/m0/s1. The summed E-state index contributed by atoms with van der Waals surface area (Å²) in [6.45, 7) is 10.9. The van der Waals surface area contributed by atoms with E-state index in [2.05, 4.69) is 4.90 Å². The molecule has 0 bridgehead atoms. The summed E-state index contributed by atoms with van der Waals surface area (Å²) < 4.78 is 18.6. The number of anilines is 1. The second-order valence-electron chi connectivity index (χ2n) is 6.99. The molecule has 4 nitrogen and oxygen atoms in total. The Hall–Kier alpha value is -1.17. The number of benzene rings is 1. The van der Waals surface area contributed by atoms with Gasteiger partial charge in [0.15, 0.2) is 0 Å². The van der Waals surface area contributed by atoms with Crippen molar-refractivity contribution in [3.63, 3.8) is 0 Å². The quantitative estimate of drug-likeness (QED) is 0.841. The highest BCUT2D eigenvalue weighted by molar-refractivity contribution is 5.46. The molecule has 0 unspecified atom stereocenters. The first-order valence-electron chi connectivity index (χ1n) is 7.99. The van der Waals surface area contributed by atoms with Crippen LogP contribution in [-0.2, 0) is 4.74 Å². The Labute approximate surface area is 132 Å². The Morgan fingerprint density at radius 1 is 1.23 bits per heavy atom. The zero-order valence-electron chi connectivity index (χ0n) is 13.8. The van der Waals surface area contributed by atoms with Crippen LogP contribution in [0.5, 0.6) is 0 Å². The number of piperazine rings is 1. The zero-order chi connectivity index (χ0) is 16.2. The minimum Gasteiger partial charge on any atom is -0.385 e. The number of hydrogen-bond acceptors (Lipinski definition) is 3. The molecule has 22 heavy (non-hydrogen) atoms. The Morgan fingerprint density at radius 3 is 2.36 bits per heavy atom. The molecular weight excluding hydrogens is 283 g/mol. The number of rotatable bonds is 5. The van der Waals surface area contributed by atoms with E-state index in [0.717, 1.165) is 31.9 Å². The third-order valence-electron chi connectivity index (χ3n) is 3.90. The smallest absolute Gasteiger partial charge is 0.126 e. The predicted molar refractivity (Wildman–Crippen MR) is 85.9 cm³/mol. The van der Waals surface area contributed by atoms with Gasteiger partial charge in [-0.05, 0) is 45.0 Å². The Kier molecular flexibility index (Phi) is 5.78. The molecule has 2 N–H and O–H groups in total. The second-order valence-corrected chi connectivity index (χ2v) is 6.99. The average Bonchev–Trinajstić information content (AvgIpc) is 2.46. The molecule has 0 amide bonds. The number of nitrogens with one attached hydrogen (secondary N) is 1. The van der Waals surface area contributed by atoms with Crippen LogP contribution >= 0.6 is 0 Å². The van der Waals surface area contributed by atoms with E-state index in [1.165, 1.54) is 17.0 Å². The maximum Gasteiger partial charge on any atom is 0.126 e. The van der Waals surface area contributed by atoms with Crippen molar-refractivity contribution in [1.29, 1.82) is 0 Å². The molecule has 1 aromatic rings. The summed E-state index contributed by atoms with van der Waals surface area (Å²) in [4.78, 5) is 3.66. The number of hydrogen-bond donors (Lipinski definition) is 2. The summed E-state index contributed by atoms with van der Waals surface area (Å²) in [6.07, 6.45) is -0.424. The van der Waals surface area contributed by atoms with Crippen molar-refractivity contribution in [2.45, 2.75) is 32.5 Å². The van der Waals surface area contributed by atoms with Crippen molar-refractivity contribution in [2.75, 3.05) is 44.2 Å². The number of ether oxygens (including phenoxy) is 1. The number of quaternary nitrogens is 1. The molecule has 1 aliphatic heterocycles. The van der Waals surface area contributed by atoms with E-state index >= 15 is 0 Å². The lowest BCUT2D eigenvalue weighted by Gasteiger charge is -2.34. The first-order chi connectivity index (χ1) is 10.3. The predicted octanol–water partition coefficient (Wildman–Crippen LogP) is 0.707. The van der Waals surface area contributed by atoms with Crippen LogP contribution in [0.2, 0.25) is 0 Å². The summed E-state index contributed by atoms with van der Waals surface area (Å²) in [5, 5.41) is 10.1. The van der Waals surface area contributed by atoms with E-state index in [-0.39, 0.29) is 11.4 Å². The zero-order valence-corrected chi connectivity index (χ0v) is 13.8. The van der Waals surface area contributed by atoms with Crippen LogP contribution in [0.15, 0.2) is 24.3 Å². The molecular formula is C17H28FN2O2+. The first kappa shape index (κ1) is 17.2. The highest BCUT2D eigenvalue weighted by Crippen LogP contribution is 2.14. The Bertz CT molecular complexity index is 451. The summed E-state index contributed by atoms with van der Waals surface area (Å²) >= 11 is 0. The summed E-state index contributed by atoms with van der Waals surface area (Å²) in [5.74, 6) is -0.199. The van der Waals surface area contributed by atoms with E-state index < -0.39 is 6.10 Å². The van der Waals surface area contributed by atoms with Gasteiger partial charge in [0.1, 0.15) is 18.5 Å². The molecule has 1 heterocycles. The molecule has 1 aliphatic rings. The maximum atomic E-state index is 13.0. The highest BCUT2D eigenvalue weighted by Gasteiger charge is 2.23. The van der Waals surface area contributed by atoms with Crippen LogP contribution in [0.1, 0.15) is 20.8 Å². The van der Waals surface area contributed by atoms with Gasteiger partial charge in [-0.2, -0.15) is 0 Å². The Balaban J connectivity index is 1.74. The van der Waals surface area contributed by atoms with E-state index in [1.54, 1.807) is 0 Å². The van der Waals surface area contributed by atoms with E-state index in [9.17, 15) is 9.50 Å². The van der Waals surface area contributed by atoms with E-state index in [1.807, 2.05) is 32.9 Å². The average molecular weight is 311 g/mol. The minimum absolute atomic E-state index is 0.199. The monoisotopic (exact) mass is 311 g/mol. The molecule has 124 valence electrons. The van der Waals surface area contributed by atoms with Gasteiger partial charge in [-0.3, -0.25) is 0 Å². The molecule has 1 fully saturated rings. The minimum atomic E-state index is -0.424. The highest BCUT2D eigenvalue weighted by atomic mass is 19.1. The van der Waals surface area contributed by atoms with Crippen molar-refractivity contribution in [3.8, 4) is 0 Å². The molecule has 1 aromatic carbocycles. The SMILES string of the molecule is CC(C)(C)OC[C@@H](O)C[NH+]1CCN(c2ccc(F)cc2)CC1. The van der Waals surface area contributed by atoms with Gasteiger partial charge in [-0.25, -0.2) is 4.39 Å². The lowest BCUT2D eigenvalue weighted by atomic mass is 10.2. The van der Waals surface area contributed by atoms with Crippen molar-refractivity contribution in [2.24, 2.45) is 0 Å². The molecule has 5 heteroatoms. The van der Waals surface area contributed by atoms with E-state index in [0.29, 0.717) is 13.2 Å².